The summed E-state index contributed by atoms with van der Waals surface area (Å²) < 4.78 is 25.3. The molecule has 0 radical (unpaired) electrons. The van der Waals surface area contributed by atoms with Crippen molar-refractivity contribution in [2.75, 3.05) is 13.1 Å². The Morgan fingerprint density at radius 3 is 2.70 bits per heavy atom. The third-order valence-electron chi connectivity index (χ3n) is 2.99. The number of amides is 1. The van der Waals surface area contributed by atoms with Gasteiger partial charge in [0.15, 0.2) is 4.34 Å². The van der Waals surface area contributed by atoms with Gasteiger partial charge in [0.25, 0.3) is 15.7 Å². The van der Waals surface area contributed by atoms with Crippen LogP contribution in [-0.2, 0) is 14.8 Å². The third kappa shape index (κ3) is 2.64. The van der Waals surface area contributed by atoms with Gasteiger partial charge in [-0.15, -0.1) is 11.3 Å². The smallest absolute Gasteiger partial charge is 0.300 e. The summed E-state index contributed by atoms with van der Waals surface area (Å²) in [5, 5.41) is 10.7. The maximum atomic E-state index is 12.3. The number of thiophene rings is 1. The lowest BCUT2D eigenvalue weighted by Crippen LogP contribution is -2.31. The SMILES string of the molecule is NC(=O)C1CCN(S(=O)(=O)c2cc([N+](=O)[O-])c(Cl)s2)C1. The Kier molecular flexibility index (Phi) is 4.00. The van der Waals surface area contributed by atoms with Gasteiger partial charge in [-0.25, -0.2) is 8.42 Å². The number of hydrogen-bond donors (Lipinski definition) is 1. The molecule has 0 aliphatic carbocycles. The second kappa shape index (κ2) is 5.28. The summed E-state index contributed by atoms with van der Waals surface area (Å²) in [6.45, 7) is 0.139. The number of nitrogens with zero attached hydrogens (tertiary/aromatic N) is 2. The van der Waals surface area contributed by atoms with Crippen molar-refractivity contribution in [3.05, 3.63) is 20.5 Å². The molecule has 11 heteroatoms. The van der Waals surface area contributed by atoms with Crippen molar-refractivity contribution in [3.8, 4) is 0 Å². The number of nitro groups is 1. The van der Waals surface area contributed by atoms with Crippen LogP contribution in [0.1, 0.15) is 6.42 Å². The van der Waals surface area contributed by atoms with Crippen molar-refractivity contribution in [1.82, 2.24) is 4.31 Å². The average Bonchev–Trinajstić information content (AvgIpc) is 2.94. The van der Waals surface area contributed by atoms with Crippen LogP contribution in [-0.4, -0.2) is 36.6 Å². The number of sulfonamides is 1. The number of nitrogens with two attached hydrogens (primary N) is 1. The van der Waals surface area contributed by atoms with Gasteiger partial charge in [-0.3, -0.25) is 14.9 Å². The Labute approximate surface area is 123 Å². The van der Waals surface area contributed by atoms with E-state index in [4.69, 9.17) is 17.3 Å². The minimum absolute atomic E-state index is 0.0129. The van der Waals surface area contributed by atoms with E-state index < -0.39 is 32.5 Å². The predicted molar refractivity (Wildman–Crippen MR) is 72.0 cm³/mol. The fourth-order valence-electron chi connectivity index (χ4n) is 1.90. The quantitative estimate of drug-likeness (QED) is 0.642. The average molecular weight is 340 g/mol. The molecule has 1 aromatic rings. The van der Waals surface area contributed by atoms with E-state index in [1.54, 1.807) is 0 Å². The van der Waals surface area contributed by atoms with Gasteiger partial charge in [0.05, 0.1) is 10.8 Å². The molecule has 1 aliphatic rings. The molecular formula is C9H10ClN3O5S2. The van der Waals surface area contributed by atoms with Gasteiger partial charge in [0.2, 0.25) is 5.91 Å². The lowest BCUT2D eigenvalue weighted by Gasteiger charge is -2.14. The second-order valence-electron chi connectivity index (χ2n) is 4.23. The number of primary amides is 1. The summed E-state index contributed by atoms with van der Waals surface area (Å²) in [5.74, 6) is -1.09. The lowest BCUT2D eigenvalue weighted by atomic mass is 10.1. The van der Waals surface area contributed by atoms with Crippen LogP contribution in [0, 0.1) is 16.0 Å². The van der Waals surface area contributed by atoms with Gasteiger partial charge in [0.1, 0.15) is 4.21 Å². The first-order chi connectivity index (χ1) is 9.23. The van der Waals surface area contributed by atoms with Crippen molar-refractivity contribution in [3.63, 3.8) is 0 Å². The Bertz CT molecular complexity index is 671. The third-order valence-corrected chi connectivity index (χ3v) is 6.64. The Balaban J connectivity index is 2.30. The molecule has 1 unspecified atom stereocenters. The highest BCUT2D eigenvalue weighted by molar-refractivity contribution is 7.91. The van der Waals surface area contributed by atoms with Gasteiger partial charge in [-0.1, -0.05) is 11.6 Å². The zero-order chi connectivity index (χ0) is 15.1. The first kappa shape index (κ1) is 15.2. The summed E-state index contributed by atoms with van der Waals surface area (Å²) in [6.07, 6.45) is 0.343. The predicted octanol–water partition coefficient (Wildman–Crippen LogP) is 0.806. The van der Waals surface area contributed by atoms with E-state index in [1.165, 1.54) is 0 Å². The molecule has 1 amide bonds. The van der Waals surface area contributed by atoms with E-state index in [1.807, 2.05) is 0 Å². The van der Waals surface area contributed by atoms with Gasteiger partial charge in [-0.05, 0) is 6.42 Å². The molecule has 0 aromatic carbocycles. The van der Waals surface area contributed by atoms with E-state index >= 15 is 0 Å². The lowest BCUT2D eigenvalue weighted by molar-refractivity contribution is -0.384. The van der Waals surface area contributed by atoms with Gasteiger partial charge >= 0.3 is 0 Å². The highest BCUT2D eigenvalue weighted by atomic mass is 35.5. The Morgan fingerprint density at radius 2 is 2.25 bits per heavy atom. The normalized spacial score (nSPS) is 20.1. The molecular weight excluding hydrogens is 330 g/mol. The maximum Gasteiger partial charge on any atom is 0.300 e. The molecule has 2 heterocycles. The van der Waals surface area contributed by atoms with Crippen LogP contribution in [0.5, 0.6) is 0 Å². The van der Waals surface area contributed by atoms with E-state index in [0.717, 1.165) is 10.4 Å². The molecule has 2 rings (SSSR count). The first-order valence-electron chi connectivity index (χ1n) is 5.46. The van der Waals surface area contributed by atoms with Gasteiger partial charge < -0.3 is 5.73 Å². The summed E-state index contributed by atoms with van der Waals surface area (Å²) in [6, 6.07) is 0.930. The molecule has 0 saturated carbocycles. The molecule has 8 nitrogen and oxygen atoms in total. The largest absolute Gasteiger partial charge is 0.369 e. The molecule has 0 spiro atoms. The van der Waals surface area contributed by atoms with E-state index in [-0.39, 0.29) is 21.6 Å². The second-order valence-corrected chi connectivity index (χ2v) is 8.05. The molecule has 1 fully saturated rings. The number of carbonyl (C=O) groups is 1. The molecule has 1 atom stereocenters. The zero-order valence-corrected chi connectivity index (χ0v) is 12.4. The summed E-state index contributed by atoms with van der Waals surface area (Å²) >= 11 is 6.28. The summed E-state index contributed by atoms with van der Waals surface area (Å²) in [7, 11) is -3.89. The molecule has 0 bridgehead atoms. The highest BCUT2D eigenvalue weighted by Gasteiger charge is 2.37. The molecule has 1 aliphatic heterocycles. The summed E-state index contributed by atoms with van der Waals surface area (Å²) in [5.41, 5.74) is 4.70. The molecule has 20 heavy (non-hydrogen) atoms. The maximum absolute atomic E-state index is 12.3. The number of rotatable bonds is 4. The van der Waals surface area contributed by atoms with Crippen LogP contribution in [0.2, 0.25) is 4.34 Å². The molecule has 1 aromatic heterocycles. The van der Waals surface area contributed by atoms with Crippen molar-refractivity contribution < 1.29 is 18.1 Å². The van der Waals surface area contributed by atoms with Crippen LogP contribution < -0.4 is 5.73 Å². The standard InChI is InChI=1S/C9H10ClN3O5S2/c10-8-6(13(15)16)3-7(19-8)20(17,18)12-2-1-5(4-12)9(11)14/h3,5H,1-2,4H2,(H2,11,14). The van der Waals surface area contributed by atoms with Crippen molar-refractivity contribution in [1.29, 1.82) is 0 Å². The first-order valence-corrected chi connectivity index (χ1v) is 8.10. The van der Waals surface area contributed by atoms with Crippen LogP contribution in [0.4, 0.5) is 5.69 Å². The van der Waals surface area contributed by atoms with Crippen molar-refractivity contribution in [2.24, 2.45) is 11.7 Å². The van der Waals surface area contributed by atoms with Gasteiger partial charge in [0, 0.05) is 19.2 Å². The minimum atomic E-state index is -3.89. The number of halogens is 1. The molecule has 110 valence electrons. The van der Waals surface area contributed by atoms with E-state index in [9.17, 15) is 23.3 Å². The van der Waals surface area contributed by atoms with Gasteiger partial charge in [-0.2, -0.15) is 4.31 Å². The van der Waals surface area contributed by atoms with Crippen LogP contribution in [0.3, 0.4) is 0 Å². The number of carbonyl (C=O) groups excluding carboxylic acids is 1. The monoisotopic (exact) mass is 339 g/mol. The Morgan fingerprint density at radius 1 is 1.60 bits per heavy atom. The molecule has 1 saturated heterocycles. The Hall–Kier alpha value is -1.23. The zero-order valence-electron chi connectivity index (χ0n) is 9.98. The van der Waals surface area contributed by atoms with Crippen molar-refractivity contribution >= 4 is 44.6 Å². The highest BCUT2D eigenvalue weighted by Crippen LogP contribution is 2.38. The van der Waals surface area contributed by atoms with Crippen LogP contribution in [0.25, 0.3) is 0 Å². The minimum Gasteiger partial charge on any atom is -0.369 e. The fourth-order valence-corrected chi connectivity index (χ4v) is 5.22. The van der Waals surface area contributed by atoms with E-state index in [2.05, 4.69) is 0 Å². The summed E-state index contributed by atoms with van der Waals surface area (Å²) in [4.78, 5) is 21.0. The van der Waals surface area contributed by atoms with Crippen LogP contribution in [0.15, 0.2) is 10.3 Å². The molecule has 2 N–H and O–H groups in total. The van der Waals surface area contributed by atoms with Crippen LogP contribution >= 0.6 is 22.9 Å². The van der Waals surface area contributed by atoms with Crippen molar-refractivity contribution in [2.45, 2.75) is 10.6 Å². The topological polar surface area (TPSA) is 124 Å². The fraction of sp³-hybridized carbons (Fsp3) is 0.444. The van der Waals surface area contributed by atoms with E-state index in [0.29, 0.717) is 17.8 Å². The number of hydrogen-bond acceptors (Lipinski definition) is 6.